The fourth-order valence-corrected chi connectivity index (χ4v) is 2.54. The molecule has 1 aromatic carbocycles. The van der Waals surface area contributed by atoms with Gasteiger partial charge < -0.3 is 19.9 Å². The van der Waals surface area contributed by atoms with Gasteiger partial charge >= 0.3 is 0 Å². The highest BCUT2D eigenvalue weighted by molar-refractivity contribution is 5.28. The Balaban J connectivity index is 1.72. The van der Waals surface area contributed by atoms with E-state index < -0.39 is 6.10 Å². The van der Waals surface area contributed by atoms with Gasteiger partial charge in [-0.1, -0.05) is 19.1 Å². The number of β-amino-alcohol motifs (C(OH)–C–C–N with tert-alkyl or cyclic N) is 1. The van der Waals surface area contributed by atoms with Gasteiger partial charge in [0.15, 0.2) is 0 Å². The molecule has 1 fully saturated rings. The maximum absolute atomic E-state index is 10.1. The molecule has 0 bridgehead atoms. The molecule has 0 spiro atoms. The molecule has 0 aliphatic carbocycles. The number of hydrogen-bond donors (Lipinski definition) is 2. The quantitative estimate of drug-likeness (QED) is 0.809. The summed E-state index contributed by atoms with van der Waals surface area (Å²) in [6, 6.07) is 8.01. The van der Waals surface area contributed by atoms with E-state index in [0.717, 1.165) is 31.6 Å². The summed E-state index contributed by atoms with van der Waals surface area (Å²) in [6.45, 7) is 6.63. The average Bonchev–Trinajstić information content (AvgIpc) is 2.52. The van der Waals surface area contributed by atoms with Crippen LogP contribution >= 0.6 is 0 Å². The fraction of sp³-hybridized carbons (Fsp3) is 0.647. The summed E-state index contributed by atoms with van der Waals surface area (Å²) < 4.78 is 11.2. The molecule has 2 N–H and O–H groups in total. The number of rotatable bonds is 7. The van der Waals surface area contributed by atoms with Gasteiger partial charge in [-0.2, -0.15) is 0 Å². The SMILES string of the molecule is CCc1cccc(OCC(O)CNC2(C)CCCOC2)c1. The second-order valence-electron chi connectivity index (χ2n) is 6.06. The number of benzene rings is 1. The summed E-state index contributed by atoms with van der Waals surface area (Å²) in [6.07, 6.45) is 2.62. The molecule has 0 saturated carbocycles. The van der Waals surface area contributed by atoms with Crippen LogP contribution in [0.2, 0.25) is 0 Å². The third-order valence-corrected chi connectivity index (χ3v) is 3.95. The minimum Gasteiger partial charge on any atom is -0.491 e. The normalized spacial score (nSPS) is 23.8. The van der Waals surface area contributed by atoms with E-state index in [4.69, 9.17) is 9.47 Å². The fourth-order valence-electron chi connectivity index (χ4n) is 2.54. The van der Waals surface area contributed by atoms with Crippen molar-refractivity contribution < 1.29 is 14.6 Å². The molecule has 1 heterocycles. The number of aliphatic hydroxyl groups is 1. The standard InChI is InChI=1S/C17H27NO3/c1-3-14-6-4-7-16(10-14)21-12-15(19)11-18-17(2)8-5-9-20-13-17/h4,6-7,10,15,18-19H,3,5,8-9,11-13H2,1-2H3. The average molecular weight is 293 g/mol. The van der Waals surface area contributed by atoms with E-state index in [-0.39, 0.29) is 5.54 Å². The number of nitrogens with one attached hydrogen (secondary N) is 1. The molecule has 4 heteroatoms. The first-order valence-electron chi connectivity index (χ1n) is 7.84. The molecule has 1 aliphatic rings. The lowest BCUT2D eigenvalue weighted by Crippen LogP contribution is -2.51. The molecule has 2 rings (SSSR count). The van der Waals surface area contributed by atoms with Gasteiger partial charge in [0.2, 0.25) is 0 Å². The minimum absolute atomic E-state index is 0.0264. The lowest BCUT2D eigenvalue weighted by Gasteiger charge is -2.35. The van der Waals surface area contributed by atoms with Crippen LogP contribution in [-0.4, -0.2) is 43.1 Å². The van der Waals surface area contributed by atoms with Crippen molar-refractivity contribution in [2.45, 2.75) is 44.8 Å². The van der Waals surface area contributed by atoms with E-state index in [1.807, 2.05) is 18.2 Å². The second kappa shape index (κ2) is 7.78. The minimum atomic E-state index is -0.519. The highest BCUT2D eigenvalue weighted by Crippen LogP contribution is 2.18. The predicted molar refractivity (Wildman–Crippen MR) is 83.8 cm³/mol. The predicted octanol–water partition coefficient (Wildman–Crippen LogP) is 2.15. The van der Waals surface area contributed by atoms with Crippen LogP contribution in [-0.2, 0) is 11.2 Å². The zero-order chi connectivity index (χ0) is 15.1. The van der Waals surface area contributed by atoms with Crippen molar-refractivity contribution in [3.05, 3.63) is 29.8 Å². The molecule has 0 radical (unpaired) electrons. The number of aliphatic hydroxyl groups excluding tert-OH is 1. The van der Waals surface area contributed by atoms with E-state index in [1.54, 1.807) is 0 Å². The highest BCUT2D eigenvalue weighted by atomic mass is 16.5. The maximum Gasteiger partial charge on any atom is 0.119 e. The highest BCUT2D eigenvalue weighted by Gasteiger charge is 2.27. The Morgan fingerprint density at radius 2 is 2.33 bits per heavy atom. The molecule has 1 aromatic rings. The summed E-state index contributed by atoms with van der Waals surface area (Å²) in [4.78, 5) is 0. The topological polar surface area (TPSA) is 50.7 Å². The first-order valence-corrected chi connectivity index (χ1v) is 7.84. The van der Waals surface area contributed by atoms with Gasteiger partial charge in [-0.05, 0) is 43.9 Å². The summed E-state index contributed by atoms with van der Waals surface area (Å²) in [5.41, 5.74) is 1.22. The van der Waals surface area contributed by atoms with Crippen LogP contribution in [0.4, 0.5) is 0 Å². The monoisotopic (exact) mass is 293 g/mol. The molecule has 0 amide bonds. The Kier molecular flexibility index (Phi) is 6.03. The van der Waals surface area contributed by atoms with Crippen LogP contribution in [0.5, 0.6) is 5.75 Å². The van der Waals surface area contributed by atoms with Crippen molar-refractivity contribution in [2.75, 3.05) is 26.4 Å². The van der Waals surface area contributed by atoms with Crippen molar-refractivity contribution in [2.24, 2.45) is 0 Å². The summed E-state index contributed by atoms with van der Waals surface area (Å²) in [7, 11) is 0. The van der Waals surface area contributed by atoms with Gasteiger partial charge in [-0.25, -0.2) is 0 Å². The molecule has 1 saturated heterocycles. The number of hydrogen-bond acceptors (Lipinski definition) is 4. The first-order chi connectivity index (χ1) is 10.1. The van der Waals surface area contributed by atoms with Crippen LogP contribution in [0.1, 0.15) is 32.3 Å². The second-order valence-corrected chi connectivity index (χ2v) is 6.06. The maximum atomic E-state index is 10.1. The first kappa shape index (κ1) is 16.3. The van der Waals surface area contributed by atoms with Crippen LogP contribution in [0.25, 0.3) is 0 Å². The third kappa shape index (κ3) is 5.30. The number of aryl methyl sites for hydroxylation is 1. The largest absolute Gasteiger partial charge is 0.491 e. The van der Waals surface area contributed by atoms with Crippen molar-refractivity contribution >= 4 is 0 Å². The Morgan fingerprint density at radius 1 is 1.48 bits per heavy atom. The van der Waals surface area contributed by atoms with Gasteiger partial charge in [0.25, 0.3) is 0 Å². The summed E-state index contributed by atoms with van der Waals surface area (Å²) >= 11 is 0. The van der Waals surface area contributed by atoms with E-state index >= 15 is 0 Å². The van der Waals surface area contributed by atoms with Crippen LogP contribution in [0, 0.1) is 0 Å². The third-order valence-electron chi connectivity index (χ3n) is 3.95. The lowest BCUT2D eigenvalue weighted by atomic mass is 9.95. The molecule has 0 aromatic heterocycles. The van der Waals surface area contributed by atoms with Crippen molar-refractivity contribution in [1.82, 2.24) is 5.32 Å². The Hall–Kier alpha value is -1.10. The molecular formula is C17H27NO3. The summed E-state index contributed by atoms with van der Waals surface area (Å²) in [5, 5.41) is 13.5. The lowest BCUT2D eigenvalue weighted by molar-refractivity contribution is 0.0184. The van der Waals surface area contributed by atoms with E-state index in [1.165, 1.54) is 5.56 Å². The molecular weight excluding hydrogens is 266 g/mol. The smallest absolute Gasteiger partial charge is 0.119 e. The van der Waals surface area contributed by atoms with Crippen LogP contribution < -0.4 is 10.1 Å². The molecule has 4 nitrogen and oxygen atoms in total. The molecule has 118 valence electrons. The molecule has 21 heavy (non-hydrogen) atoms. The van der Waals surface area contributed by atoms with E-state index in [2.05, 4.69) is 25.2 Å². The van der Waals surface area contributed by atoms with Crippen molar-refractivity contribution in [1.29, 1.82) is 0 Å². The van der Waals surface area contributed by atoms with Crippen LogP contribution in [0.3, 0.4) is 0 Å². The molecule has 2 unspecified atom stereocenters. The number of ether oxygens (including phenoxy) is 2. The van der Waals surface area contributed by atoms with Crippen LogP contribution in [0.15, 0.2) is 24.3 Å². The van der Waals surface area contributed by atoms with Crippen molar-refractivity contribution in [3.63, 3.8) is 0 Å². The zero-order valence-corrected chi connectivity index (χ0v) is 13.1. The molecule has 1 aliphatic heterocycles. The van der Waals surface area contributed by atoms with Gasteiger partial charge in [0.05, 0.1) is 6.61 Å². The zero-order valence-electron chi connectivity index (χ0n) is 13.1. The Bertz CT molecular complexity index is 430. The van der Waals surface area contributed by atoms with Gasteiger partial charge in [0, 0.05) is 18.7 Å². The van der Waals surface area contributed by atoms with Gasteiger partial charge in [-0.3, -0.25) is 0 Å². The van der Waals surface area contributed by atoms with E-state index in [0.29, 0.717) is 19.8 Å². The van der Waals surface area contributed by atoms with Crippen molar-refractivity contribution in [3.8, 4) is 5.75 Å². The van der Waals surface area contributed by atoms with Gasteiger partial charge in [0.1, 0.15) is 18.5 Å². The summed E-state index contributed by atoms with van der Waals surface area (Å²) in [5.74, 6) is 0.820. The Morgan fingerprint density at radius 3 is 3.05 bits per heavy atom. The van der Waals surface area contributed by atoms with E-state index in [9.17, 15) is 5.11 Å². The Labute approximate surface area is 127 Å². The molecule has 2 atom stereocenters. The van der Waals surface area contributed by atoms with Gasteiger partial charge in [-0.15, -0.1) is 0 Å².